The lowest BCUT2D eigenvalue weighted by molar-refractivity contribution is -0.139. The van der Waals surface area contributed by atoms with E-state index in [4.69, 9.17) is 0 Å². The minimum absolute atomic E-state index is 0.219. The number of aromatic nitrogens is 1. The average Bonchev–Trinajstić information content (AvgIpc) is 2.48. The maximum absolute atomic E-state index is 12.0. The van der Waals surface area contributed by atoms with Gasteiger partial charge in [0.05, 0.1) is 0 Å². The Kier molecular flexibility index (Phi) is 4.44. The summed E-state index contributed by atoms with van der Waals surface area (Å²) < 4.78 is 0. The van der Waals surface area contributed by atoms with Gasteiger partial charge in [-0.05, 0) is 29.8 Å². The van der Waals surface area contributed by atoms with E-state index in [1.54, 1.807) is 54.9 Å². The second-order valence-corrected chi connectivity index (χ2v) is 4.29. The van der Waals surface area contributed by atoms with E-state index in [2.05, 4.69) is 10.3 Å². The van der Waals surface area contributed by atoms with Gasteiger partial charge in [-0.1, -0.05) is 18.2 Å². The Bertz CT molecular complexity index is 585. The Morgan fingerprint density at radius 2 is 1.75 bits per heavy atom. The molecule has 0 saturated heterocycles. The van der Waals surface area contributed by atoms with Crippen molar-refractivity contribution in [1.82, 2.24) is 10.3 Å². The quantitative estimate of drug-likeness (QED) is 0.863. The number of pyridine rings is 1. The molecular formula is C15H14N2O3. The highest BCUT2D eigenvalue weighted by Crippen LogP contribution is 2.04. The monoisotopic (exact) mass is 270 g/mol. The van der Waals surface area contributed by atoms with E-state index < -0.39 is 17.9 Å². The second-order valence-electron chi connectivity index (χ2n) is 4.29. The molecule has 0 aliphatic carbocycles. The van der Waals surface area contributed by atoms with Gasteiger partial charge in [-0.15, -0.1) is 0 Å². The molecule has 0 aliphatic rings. The van der Waals surface area contributed by atoms with Gasteiger partial charge in [0.1, 0.15) is 6.04 Å². The Morgan fingerprint density at radius 3 is 2.35 bits per heavy atom. The van der Waals surface area contributed by atoms with Crippen molar-refractivity contribution in [1.29, 1.82) is 0 Å². The summed E-state index contributed by atoms with van der Waals surface area (Å²) in [6.07, 6.45) is 3.40. The molecule has 0 unspecified atom stereocenters. The predicted octanol–water partition coefficient (Wildman–Crippen LogP) is 1.51. The van der Waals surface area contributed by atoms with Crippen molar-refractivity contribution in [3.63, 3.8) is 0 Å². The highest BCUT2D eigenvalue weighted by atomic mass is 16.4. The largest absolute Gasteiger partial charge is 0.480 e. The number of nitrogens with one attached hydrogen (secondary N) is 1. The van der Waals surface area contributed by atoms with Crippen molar-refractivity contribution in [2.75, 3.05) is 0 Å². The third-order valence-electron chi connectivity index (χ3n) is 2.83. The molecule has 0 fully saturated rings. The summed E-state index contributed by atoms with van der Waals surface area (Å²) in [5.41, 5.74) is 1.24. The fourth-order valence-electron chi connectivity index (χ4n) is 1.79. The Hall–Kier alpha value is -2.69. The molecule has 1 atom stereocenters. The lowest BCUT2D eigenvalue weighted by Crippen LogP contribution is -2.42. The first kappa shape index (κ1) is 13.7. The number of hydrogen-bond acceptors (Lipinski definition) is 3. The number of carboxylic acids is 1. The van der Waals surface area contributed by atoms with Crippen LogP contribution < -0.4 is 5.32 Å². The van der Waals surface area contributed by atoms with Gasteiger partial charge < -0.3 is 10.4 Å². The average molecular weight is 270 g/mol. The lowest BCUT2D eigenvalue weighted by Gasteiger charge is -2.14. The van der Waals surface area contributed by atoms with Gasteiger partial charge in [-0.25, -0.2) is 4.79 Å². The second kappa shape index (κ2) is 6.47. The van der Waals surface area contributed by atoms with Crippen molar-refractivity contribution in [3.8, 4) is 0 Å². The highest BCUT2D eigenvalue weighted by Gasteiger charge is 2.20. The molecule has 2 aromatic rings. The van der Waals surface area contributed by atoms with Crippen LogP contribution in [0.15, 0.2) is 54.9 Å². The SMILES string of the molecule is O=C(N[C@H](Cc1ccncc1)C(=O)O)c1ccccc1. The molecule has 2 rings (SSSR count). The van der Waals surface area contributed by atoms with Crippen molar-refractivity contribution in [2.45, 2.75) is 12.5 Å². The van der Waals surface area contributed by atoms with Crippen LogP contribution in [0.3, 0.4) is 0 Å². The van der Waals surface area contributed by atoms with Crippen LogP contribution in [0.4, 0.5) is 0 Å². The number of rotatable bonds is 5. The summed E-state index contributed by atoms with van der Waals surface area (Å²) in [5, 5.41) is 11.7. The van der Waals surface area contributed by atoms with E-state index in [1.807, 2.05) is 0 Å². The molecule has 5 nitrogen and oxygen atoms in total. The number of aliphatic carboxylic acids is 1. The molecular weight excluding hydrogens is 256 g/mol. The molecule has 1 heterocycles. The summed E-state index contributed by atoms with van der Waals surface area (Å²) in [5.74, 6) is -1.46. The van der Waals surface area contributed by atoms with Crippen molar-refractivity contribution < 1.29 is 14.7 Å². The summed E-state index contributed by atoms with van der Waals surface area (Å²) in [4.78, 5) is 27.1. The number of carbonyl (C=O) groups excluding carboxylic acids is 1. The predicted molar refractivity (Wildman–Crippen MR) is 73.3 cm³/mol. The third-order valence-corrected chi connectivity index (χ3v) is 2.83. The van der Waals surface area contributed by atoms with Crippen LogP contribution in [-0.2, 0) is 11.2 Å². The first-order valence-electron chi connectivity index (χ1n) is 6.14. The number of hydrogen-bond donors (Lipinski definition) is 2. The van der Waals surface area contributed by atoms with Crippen molar-refractivity contribution in [2.24, 2.45) is 0 Å². The zero-order valence-corrected chi connectivity index (χ0v) is 10.7. The molecule has 5 heteroatoms. The fraction of sp³-hybridized carbons (Fsp3) is 0.133. The van der Waals surface area contributed by atoms with Crippen LogP contribution in [0.5, 0.6) is 0 Å². The minimum atomic E-state index is -1.06. The van der Waals surface area contributed by atoms with Gasteiger partial charge in [0.25, 0.3) is 5.91 Å². The standard InChI is InChI=1S/C15H14N2O3/c18-14(12-4-2-1-3-5-12)17-13(15(19)20)10-11-6-8-16-9-7-11/h1-9,13H,10H2,(H,17,18)(H,19,20)/t13-/m1/s1. The Balaban J connectivity index is 2.07. The summed E-state index contributed by atoms with van der Waals surface area (Å²) in [6.45, 7) is 0. The van der Waals surface area contributed by atoms with Crippen molar-refractivity contribution >= 4 is 11.9 Å². The van der Waals surface area contributed by atoms with Gasteiger partial charge in [-0.2, -0.15) is 0 Å². The minimum Gasteiger partial charge on any atom is -0.480 e. The summed E-state index contributed by atoms with van der Waals surface area (Å²) in [6, 6.07) is 11.0. The molecule has 102 valence electrons. The van der Waals surface area contributed by atoms with Gasteiger partial charge in [0.2, 0.25) is 0 Å². The van der Waals surface area contributed by atoms with E-state index >= 15 is 0 Å². The first-order valence-corrected chi connectivity index (χ1v) is 6.14. The third kappa shape index (κ3) is 3.65. The van der Waals surface area contributed by atoms with Crippen LogP contribution in [0, 0.1) is 0 Å². The van der Waals surface area contributed by atoms with E-state index in [-0.39, 0.29) is 6.42 Å². The summed E-state index contributed by atoms with van der Waals surface area (Å²) >= 11 is 0. The number of carbonyl (C=O) groups is 2. The maximum atomic E-state index is 12.0. The zero-order valence-electron chi connectivity index (χ0n) is 10.7. The van der Waals surface area contributed by atoms with Crippen LogP contribution >= 0.6 is 0 Å². The van der Waals surface area contributed by atoms with E-state index in [0.29, 0.717) is 5.56 Å². The number of amides is 1. The number of nitrogens with zero attached hydrogens (tertiary/aromatic N) is 1. The topological polar surface area (TPSA) is 79.3 Å². The zero-order chi connectivity index (χ0) is 14.4. The van der Waals surface area contributed by atoms with Crippen LogP contribution in [0.2, 0.25) is 0 Å². The van der Waals surface area contributed by atoms with Gasteiger partial charge in [-0.3, -0.25) is 9.78 Å². The molecule has 0 bridgehead atoms. The van der Waals surface area contributed by atoms with E-state index in [0.717, 1.165) is 5.56 Å². The molecule has 2 N–H and O–H groups in total. The smallest absolute Gasteiger partial charge is 0.326 e. The number of benzene rings is 1. The molecule has 1 amide bonds. The van der Waals surface area contributed by atoms with Crippen LogP contribution in [0.1, 0.15) is 15.9 Å². The van der Waals surface area contributed by atoms with E-state index in [9.17, 15) is 14.7 Å². The maximum Gasteiger partial charge on any atom is 0.326 e. The normalized spacial score (nSPS) is 11.6. The molecule has 0 aliphatic heterocycles. The van der Waals surface area contributed by atoms with E-state index in [1.165, 1.54) is 0 Å². The number of carboxylic acid groups (broad SMARTS) is 1. The van der Waals surface area contributed by atoms with Gasteiger partial charge in [0.15, 0.2) is 0 Å². The Labute approximate surface area is 116 Å². The molecule has 1 aromatic carbocycles. The first-order chi connectivity index (χ1) is 9.66. The van der Waals surface area contributed by atoms with Gasteiger partial charge >= 0.3 is 5.97 Å². The fourth-order valence-corrected chi connectivity index (χ4v) is 1.79. The lowest BCUT2D eigenvalue weighted by atomic mass is 10.1. The molecule has 20 heavy (non-hydrogen) atoms. The van der Waals surface area contributed by atoms with Crippen molar-refractivity contribution in [3.05, 3.63) is 66.0 Å². The van der Waals surface area contributed by atoms with Crippen LogP contribution in [0.25, 0.3) is 0 Å². The molecule has 0 spiro atoms. The molecule has 0 radical (unpaired) electrons. The van der Waals surface area contributed by atoms with Crippen LogP contribution in [-0.4, -0.2) is 28.0 Å². The van der Waals surface area contributed by atoms with Gasteiger partial charge in [0, 0.05) is 24.4 Å². The molecule has 1 aromatic heterocycles. The highest BCUT2D eigenvalue weighted by molar-refractivity contribution is 5.96. The Morgan fingerprint density at radius 1 is 1.10 bits per heavy atom. The molecule has 0 saturated carbocycles. The summed E-state index contributed by atoms with van der Waals surface area (Å²) in [7, 11) is 0.